The molecule has 2 aromatic rings. The van der Waals surface area contributed by atoms with Crippen LogP contribution in [0, 0.1) is 0 Å². The van der Waals surface area contributed by atoms with Crippen molar-refractivity contribution in [1.82, 2.24) is 4.99 Å². The van der Waals surface area contributed by atoms with Gasteiger partial charge in [-0.2, -0.15) is 0 Å². The Morgan fingerprint density at radius 2 is 1.94 bits per heavy atom. The number of carbonyl (C=O) groups is 1. The Kier molecular flexibility index (Phi) is 1.80. The lowest BCUT2D eigenvalue weighted by atomic mass is 9.94. The fourth-order valence-electron chi connectivity index (χ4n) is 2.21. The zero-order chi connectivity index (χ0) is 11.1. The van der Waals surface area contributed by atoms with Crippen LogP contribution in [0.2, 0.25) is 0 Å². The zero-order valence-electron chi connectivity index (χ0n) is 8.60. The molecule has 16 heavy (non-hydrogen) atoms. The van der Waals surface area contributed by atoms with Crippen molar-refractivity contribution >= 4 is 22.4 Å². The highest BCUT2D eigenvalue weighted by Crippen LogP contribution is 2.25. The molecule has 2 N–H and O–H groups in total. The molecule has 1 amide bonds. The lowest BCUT2D eigenvalue weighted by Gasteiger charge is -2.08. The van der Waals surface area contributed by atoms with Gasteiger partial charge in [-0.1, -0.05) is 30.3 Å². The molecule has 3 rings (SSSR count). The van der Waals surface area contributed by atoms with E-state index in [0.717, 1.165) is 21.9 Å². The number of rotatable bonds is 1. The Morgan fingerprint density at radius 3 is 2.69 bits per heavy atom. The van der Waals surface area contributed by atoms with Crippen molar-refractivity contribution in [1.29, 1.82) is 0 Å². The van der Waals surface area contributed by atoms with E-state index in [0.29, 0.717) is 12.3 Å². The van der Waals surface area contributed by atoms with Crippen LogP contribution in [-0.4, -0.2) is 11.6 Å². The molecule has 77 valence electrons. The molecule has 0 saturated carbocycles. The lowest BCUT2D eigenvalue weighted by Crippen LogP contribution is -2.30. The second kappa shape index (κ2) is 3.17. The molecule has 1 aliphatic rings. The van der Waals surface area contributed by atoms with Crippen molar-refractivity contribution in [3.8, 4) is 0 Å². The SMILES string of the molecule is NC(=O)C1=[N+]Cc2cccc3cccc1c23. The molecule has 0 spiro atoms. The molecular weight excluding hydrogens is 200 g/mol. The standard InChI is InChI=1S/C13H10N2O/c14-13(16)12-10-6-2-4-8-3-1-5-9(7-15-12)11(8)10/h1-6H,7H2,(H2,14,16)/q+1. The number of nitrogens with two attached hydrogens (primary N) is 1. The van der Waals surface area contributed by atoms with Crippen LogP contribution >= 0.6 is 0 Å². The molecular formula is C13H10N2O+. The summed E-state index contributed by atoms with van der Waals surface area (Å²) < 4.78 is 0. The fourth-order valence-corrected chi connectivity index (χ4v) is 2.21. The zero-order valence-corrected chi connectivity index (χ0v) is 8.60. The highest BCUT2D eigenvalue weighted by atomic mass is 16.1. The van der Waals surface area contributed by atoms with E-state index in [1.807, 2.05) is 36.4 Å². The fraction of sp³-hybridized carbons (Fsp3) is 0.0769. The van der Waals surface area contributed by atoms with Gasteiger partial charge in [0.15, 0.2) is 0 Å². The van der Waals surface area contributed by atoms with Gasteiger partial charge in [0.25, 0.3) is 0 Å². The maximum Gasteiger partial charge on any atom is 0.341 e. The van der Waals surface area contributed by atoms with Crippen LogP contribution in [0.3, 0.4) is 0 Å². The molecule has 0 fully saturated rings. The maximum atomic E-state index is 11.3. The van der Waals surface area contributed by atoms with Crippen molar-refractivity contribution in [2.75, 3.05) is 0 Å². The minimum Gasteiger partial charge on any atom is -0.360 e. The summed E-state index contributed by atoms with van der Waals surface area (Å²) in [4.78, 5) is 15.5. The molecule has 0 saturated heterocycles. The number of aliphatic imine (C=N–C) groups is 1. The predicted octanol–water partition coefficient (Wildman–Crippen LogP) is 0.964. The quantitative estimate of drug-likeness (QED) is 0.749. The molecule has 0 aliphatic carbocycles. The Labute approximate surface area is 92.6 Å². The number of benzene rings is 2. The molecule has 0 bridgehead atoms. The van der Waals surface area contributed by atoms with Crippen molar-refractivity contribution in [2.24, 2.45) is 5.73 Å². The average Bonchev–Trinajstić information content (AvgIpc) is 2.30. The first kappa shape index (κ1) is 9.09. The highest BCUT2D eigenvalue weighted by molar-refractivity contribution is 6.46. The average molecular weight is 210 g/mol. The molecule has 3 nitrogen and oxygen atoms in total. The van der Waals surface area contributed by atoms with Crippen LogP contribution in [0.25, 0.3) is 10.8 Å². The molecule has 0 aromatic heterocycles. The summed E-state index contributed by atoms with van der Waals surface area (Å²) in [5.41, 5.74) is 7.73. The molecule has 3 heteroatoms. The number of carbonyl (C=O) groups excluding carboxylic acids is 1. The van der Waals surface area contributed by atoms with E-state index >= 15 is 0 Å². The predicted molar refractivity (Wildman–Crippen MR) is 63.1 cm³/mol. The second-order valence-corrected chi connectivity index (χ2v) is 3.85. The van der Waals surface area contributed by atoms with Crippen LogP contribution in [0.1, 0.15) is 11.1 Å². The number of hydrogen-bond acceptors (Lipinski definition) is 2. The Morgan fingerprint density at radius 1 is 1.19 bits per heavy atom. The van der Waals surface area contributed by atoms with Crippen LogP contribution in [-0.2, 0) is 11.3 Å². The van der Waals surface area contributed by atoms with E-state index in [-0.39, 0.29) is 0 Å². The molecule has 1 aliphatic heterocycles. The van der Waals surface area contributed by atoms with Gasteiger partial charge in [0, 0.05) is 15.9 Å². The number of nitrogens with zero attached hydrogens (tertiary/aromatic N) is 1. The third-order valence-corrected chi connectivity index (χ3v) is 2.89. The maximum absolute atomic E-state index is 11.3. The first-order valence-electron chi connectivity index (χ1n) is 5.12. The van der Waals surface area contributed by atoms with E-state index in [9.17, 15) is 4.79 Å². The van der Waals surface area contributed by atoms with Gasteiger partial charge in [-0.3, -0.25) is 4.79 Å². The van der Waals surface area contributed by atoms with Gasteiger partial charge in [-0.05, 0) is 11.5 Å². The number of amides is 1. The number of primary amides is 1. The largest absolute Gasteiger partial charge is 0.360 e. The van der Waals surface area contributed by atoms with Gasteiger partial charge >= 0.3 is 11.6 Å². The van der Waals surface area contributed by atoms with E-state index in [2.05, 4.69) is 4.99 Å². The summed E-state index contributed by atoms with van der Waals surface area (Å²) in [7, 11) is 0. The molecule has 0 unspecified atom stereocenters. The third-order valence-electron chi connectivity index (χ3n) is 2.89. The minimum atomic E-state index is -0.456. The Hall–Kier alpha value is -2.16. The van der Waals surface area contributed by atoms with E-state index in [4.69, 9.17) is 5.73 Å². The van der Waals surface area contributed by atoms with Gasteiger partial charge < -0.3 is 5.73 Å². The summed E-state index contributed by atoms with van der Waals surface area (Å²) in [6.45, 7) is 0.534. The van der Waals surface area contributed by atoms with Gasteiger partial charge in [0.05, 0.1) is 5.56 Å². The van der Waals surface area contributed by atoms with Gasteiger partial charge in [0.2, 0.25) is 6.54 Å². The van der Waals surface area contributed by atoms with Crippen molar-refractivity contribution < 1.29 is 4.79 Å². The summed E-state index contributed by atoms with van der Waals surface area (Å²) in [6.07, 6.45) is 0. The topological polar surface area (TPSA) is 57.2 Å². The second-order valence-electron chi connectivity index (χ2n) is 3.85. The molecule has 1 heterocycles. The molecule has 1 radical (unpaired) electrons. The van der Waals surface area contributed by atoms with Crippen LogP contribution < -0.4 is 10.7 Å². The summed E-state index contributed by atoms with van der Waals surface area (Å²) >= 11 is 0. The third kappa shape index (κ3) is 1.15. The highest BCUT2D eigenvalue weighted by Gasteiger charge is 2.28. The van der Waals surface area contributed by atoms with Crippen LogP contribution in [0.4, 0.5) is 0 Å². The first-order chi connectivity index (χ1) is 7.77. The van der Waals surface area contributed by atoms with E-state index in [1.165, 1.54) is 0 Å². The summed E-state index contributed by atoms with van der Waals surface area (Å²) in [5.74, 6) is -0.456. The van der Waals surface area contributed by atoms with Crippen molar-refractivity contribution in [2.45, 2.75) is 6.54 Å². The van der Waals surface area contributed by atoms with Gasteiger partial charge in [-0.25, -0.2) is 0 Å². The van der Waals surface area contributed by atoms with Crippen LogP contribution in [0.15, 0.2) is 36.4 Å². The molecule has 2 aromatic carbocycles. The van der Waals surface area contributed by atoms with Crippen molar-refractivity contribution in [3.63, 3.8) is 0 Å². The summed E-state index contributed by atoms with van der Waals surface area (Å²) in [6, 6.07) is 11.9. The van der Waals surface area contributed by atoms with Crippen LogP contribution in [0.5, 0.6) is 0 Å². The number of hydrogen-bond donors (Lipinski definition) is 1. The smallest absolute Gasteiger partial charge is 0.341 e. The Bertz CT molecular complexity index is 624. The van der Waals surface area contributed by atoms with E-state index < -0.39 is 5.91 Å². The Balaban J connectivity index is 2.41. The van der Waals surface area contributed by atoms with E-state index in [1.54, 1.807) is 0 Å². The van der Waals surface area contributed by atoms with Gasteiger partial charge in [0.1, 0.15) is 0 Å². The minimum absolute atomic E-state index is 0.393. The molecule has 0 atom stereocenters. The lowest BCUT2D eigenvalue weighted by molar-refractivity contribution is -0.112. The van der Waals surface area contributed by atoms with Crippen molar-refractivity contribution in [3.05, 3.63) is 47.5 Å². The van der Waals surface area contributed by atoms with Gasteiger partial charge in [-0.15, -0.1) is 0 Å². The normalized spacial score (nSPS) is 13.6. The monoisotopic (exact) mass is 210 g/mol. The summed E-state index contributed by atoms with van der Waals surface area (Å²) in [5, 5.41) is 2.23. The first-order valence-corrected chi connectivity index (χ1v) is 5.12.